The molecule has 0 bridgehead atoms. The molecular formula is C11H13. The molecule has 0 aromatic rings. The van der Waals surface area contributed by atoms with Gasteiger partial charge in [-0.1, -0.05) is 42.5 Å². The molecule has 1 aliphatic carbocycles. The second-order valence-electron chi connectivity index (χ2n) is 2.43. The van der Waals surface area contributed by atoms with Gasteiger partial charge in [-0.15, -0.1) is 0 Å². The Morgan fingerprint density at radius 2 is 1.64 bits per heavy atom. The van der Waals surface area contributed by atoms with Crippen LogP contribution in [0.5, 0.6) is 0 Å². The van der Waals surface area contributed by atoms with E-state index in [0.29, 0.717) is 0 Å². The zero-order valence-electron chi connectivity index (χ0n) is 6.66. The van der Waals surface area contributed by atoms with E-state index in [1.54, 1.807) is 0 Å². The van der Waals surface area contributed by atoms with E-state index in [1.807, 2.05) is 6.08 Å². The fourth-order valence-electron chi connectivity index (χ4n) is 0.883. The second kappa shape index (κ2) is 5.72. The molecule has 0 N–H and O–H groups in total. The van der Waals surface area contributed by atoms with Crippen LogP contribution in [0.25, 0.3) is 0 Å². The van der Waals surface area contributed by atoms with Crippen molar-refractivity contribution in [2.45, 2.75) is 19.3 Å². The maximum atomic E-state index is 3.20. The van der Waals surface area contributed by atoms with E-state index in [1.165, 1.54) is 0 Å². The van der Waals surface area contributed by atoms with Crippen LogP contribution < -0.4 is 0 Å². The second-order valence-corrected chi connectivity index (χ2v) is 2.43. The van der Waals surface area contributed by atoms with Gasteiger partial charge in [-0.2, -0.15) is 0 Å². The van der Waals surface area contributed by atoms with Gasteiger partial charge in [0.2, 0.25) is 0 Å². The molecule has 0 heterocycles. The average molecular weight is 145 g/mol. The quantitative estimate of drug-likeness (QED) is 0.491. The molecule has 0 aromatic heterocycles. The molecule has 0 nitrogen and oxygen atoms in total. The molecule has 0 saturated carbocycles. The lowest BCUT2D eigenvalue weighted by atomic mass is 10.2. The van der Waals surface area contributed by atoms with Gasteiger partial charge in [0.25, 0.3) is 0 Å². The van der Waals surface area contributed by atoms with Crippen molar-refractivity contribution in [2.24, 2.45) is 0 Å². The van der Waals surface area contributed by atoms with Gasteiger partial charge >= 0.3 is 0 Å². The van der Waals surface area contributed by atoms with Crippen LogP contribution in [0, 0.1) is 6.08 Å². The van der Waals surface area contributed by atoms with E-state index in [-0.39, 0.29) is 0 Å². The molecule has 1 radical (unpaired) electrons. The van der Waals surface area contributed by atoms with Gasteiger partial charge in [-0.3, -0.25) is 0 Å². The highest BCUT2D eigenvalue weighted by atomic mass is 13.8. The van der Waals surface area contributed by atoms with Gasteiger partial charge in [0.1, 0.15) is 0 Å². The molecule has 0 heteroatoms. The molecule has 0 spiro atoms. The number of hydrogen-bond donors (Lipinski definition) is 0. The predicted molar refractivity (Wildman–Crippen MR) is 49.1 cm³/mol. The predicted octanol–water partition coefficient (Wildman–Crippen LogP) is 3.20. The van der Waals surface area contributed by atoms with Crippen LogP contribution in [0.1, 0.15) is 19.3 Å². The van der Waals surface area contributed by atoms with Crippen LogP contribution in [0.3, 0.4) is 0 Å². The molecular weight excluding hydrogens is 132 g/mol. The van der Waals surface area contributed by atoms with Gasteiger partial charge < -0.3 is 0 Å². The lowest BCUT2D eigenvalue weighted by Crippen LogP contribution is -1.64. The first-order valence-electron chi connectivity index (χ1n) is 4.03. The first kappa shape index (κ1) is 8.06. The lowest BCUT2D eigenvalue weighted by molar-refractivity contribution is 1.04. The Balaban J connectivity index is 2.47. The minimum Gasteiger partial charge on any atom is -0.0842 e. The maximum Gasteiger partial charge on any atom is -0.00948 e. The maximum absolute atomic E-state index is 3.20. The minimum atomic E-state index is 0.935. The van der Waals surface area contributed by atoms with Crippen molar-refractivity contribution in [3.63, 3.8) is 0 Å². The van der Waals surface area contributed by atoms with E-state index in [9.17, 15) is 0 Å². The molecule has 0 fully saturated rings. The molecule has 57 valence electrons. The topological polar surface area (TPSA) is 0 Å². The standard InChI is InChI=1S/C11H13/c1-2-4-6-8-10-11-9-7-5-3-1/h1-6,11H,7-9H2/b2-1-,5-3-,6-4-,11-10?. The summed E-state index contributed by atoms with van der Waals surface area (Å²) in [6, 6.07) is 0. The van der Waals surface area contributed by atoms with Crippen LogP contribution >= 0.6 is 0 Å². The number of allylic oxidation sites excluding steroid dienone is 8. The Hall–Kier alpha value is -1.04. The van der Waals surface area contributed by atoms with Crippen molar-refractivity contribution in [3.8, 4) is 0 Å². The van der Waals surface area contributed by atoms with Gasteiger partial charge in [0, 0.05) is 0 Å². The summed E-state index contributed by atoms with van der Waals surface area (Å²) in [5.41, 5.74) is 0. The summed E-state index contributed by atoms with van der Waals surface area (Å²) in [6.45, 7) is 0. The first-order valence-corrected chi connectivity index (χ1v) is 4.03. The van der Waals surface area contributed by atoms with Crippen molar-refractivity contribution in [2.75, 3.05) is 0 Å². The van der Waals surface area contributed by atoms with Gasteiger partial charge in [0.15, 0.2) is 0 Å². The highest BCUT2D eigenvalue weighted by Gasteiger charge is 1.77. The molecule has 1 aliphatic rings. The third kappa shape index (κ3) is 4.38. The third-order valence-electron chi connectivity index (χ3n) is 1.46. The Morgan fingerprint density at radius 3 is 2.55 bits per heavy atom. The van der Waals surface area contributed by atoms with E-state index in [0.717, 1.165) is 19.3 Å². The Morgan fingerprint density at radius 1 is 0.818 bits per heavy atom. The monoisotopic (exact) mass is 145 g/mol. The van der Waals surface area contributed by atoms with Crippen molar-refractivity contribution >= 4 is 0 Å². The summed E-state index contributed by atoms with van der Waals surface area (Å²) in [7, 11) is 0. The summed E-state index contributed by atoms with van der Waals surface area (Å²) in [5, 5.41) is 0. The van der Waals surface area contributed by atoms with Crippen LogP contribution in [-0.4, -0.2) is 0 Å². The normalized spacial score (nSPS) is 29.8. The Kier molecular flexibility index (Phi) is 4.19. The summed E-state index contributed by atoms with van der Waals surface area (Å²) >= 11 is 0. The van der Waals surface area contributed by atoms with Gasteiger partial charge in [-0.25, -0.2) is 0 Å². The van der Waals surface area contributed by atoms with Crippen molar-refractivity contribution in [3.05, 3.63) is 48.6 Å². The highest BCUT2D eigenvalue weighted by molar-refractivity contribution is 5.12. The van der Waals surface area contributed by atoms with Crippen molar-refractivity contribution < 1.29 is 0 Å². The summed E-state index contributed by atoms with van der Waals surface area (Å²) in [4.78, 5) is 0. The Labute approximate surface area is 68.6 Å². The summed E-state index contributed by atoms with van der Waals surface area (Å²) < 4.78 is 0. The molecule has 0 saturated heterocycles. The van der Waals surface area contributed by atoms with E-state index in [2.05, 4.69) is 42.5 Å². The Bertz CT molecular complexity index is 192. The zero-order valence-corrected chi connectivity index (χ0v) is 6.66. The van der Waals surface area contributed by atoms with Gasteiger partial charge in [0.05, 0.1) is 0 Å². The molecule has 11 heavy (non-hydrogen) atoms. The third-order valence-corrected chi connectivity index (χ3v) is 1.46. The van der Waals surface area contributed by atoms with Crippen LogP contribution in [0.4, 0.5) is 0 Å². The van der Waals surface area contributed by atoms with Crippen molar-refractivity contribution in [1.82, 2.24) is 0 Å². The van der Waals surface area contributed by atoms with E-state index >= 15 is 0 Å². The number of hydrogen-bond acceptors (Lipinski definition) is 0. The number of rotatable bonds is 0. The van der Waals surface area contributed by atoms with Gasteiger partial charge in [-0.05, 0) is 25.3 Å². The molecule has 0 aromatic carbocycles. The summed E-state index contributed by atoms with van der Waals surface area (Å²) in [6.07, 6.45) is 21.0. The van der Waals surface area contributed by atoms with Crippen LogP contribution in [0.2, 0.25) is 0 Å². The van der Waals surface area contributed by atoms with Crippen LogP contribution in [0.15, 0.2) is 42.5 Å². The fraction of sp³-hybridized carbons (Fsp3) is 0.273. The first-order chi connectivity index (χ1) is 5.50. The lowest BCUT2D eigenvalue weighted by Gasteiger charge is -1.83. The highest BCUT2D eigenvalue weighted by Crippen LogP contribution is 1.96. The average Bonchev–Trinajstić information content (AvgIpc) is 2.08. The smallest absolute Gasteiger partial charge is 0.00948 e. The van der Waals surface area contributed by atoms with Crippen LogP contribution in [-0.2, 0) is 0 Å². The fourth-order valence-corrected chi connectivity index (χ4v) is 0.883. The molecule has 0 amide bonds. The molecule has 0 aliphatic heterocycles. The molecule has 0 atom stereocenters. The summed E-state index contributed by atoms with van der Waals surface area (Å²) in [5.74, 6) is 0. The largest absolute Gasteiger partial charge is 0.0842 e. The SMILES string of the molecule is [C]1=C\CC\C=C/C=C\C=C/C/1. The molecule has 1 rings (SSSR count). The van der Waals surface area contributed by atoms with E-state index in [4.69, 9.17) is 0 Å². The van der Waals surface area contributed by atoms with Crippen molar-refractivity contribution in [1.29, 1.82) is 0 Å². The minimum absolute atomic E-state index is 0.935. The molecule has 0 unspecified atom stereocenters. The van der Waals surface area contributed by atoms with E-state index < -0.39 is 0 Å². The zero-order chi connectivity index (χ0) is 7.78.